The van der Waals surface area contributed by atoms with Crippen LogP contribution in [-0.4, -0.2) is 11.1 Å². The molecule has 0 fully saturated rings. The number of rotatable bonds is 3. The highest BCUT2D eigenvalue weighted by molar-refractivity contribution is 5.87. The zero-order valence-corrected chi connectivity index (χ0v) is 5.37. The van der Waals surface area contributed by atoms with Crippen LogP contribution in [0.15, 0.2) is 24.3 Å². The number of allylic oxidation sites excluding steroid dienone is 2. The average Bonchev–Trinajstić information content (AvgIpc) is 1.87. The molecule has 0 bridgehead atoms. The molecular formula is C7H7NO2. The summed E-state index contributed by atoms with van der Waals surface area (Å²) >= 11 is 0. The Balaban J connectivity index is 4.29. The largest absolute Gasteiger partial charge is 0.478 e. The van der Waals surface area contributed by atoms with Crippen molar-refractivity contribution in [1.82, 2.24) is 0 Å². The van der Waals surface area contributed by atoms with Gasteiger partial charge in [0.25, 0.3) is 0 Å². The molecular weight excluding hydrogens is 130 g/mol. The summed E-state index contributed by atoms with van der Waals surface area (Å²) in [5.74, 6) is -1.07. The summed E-state index contributed by atoms with van der Waals surface area (Å²) in [6.45, 7) is 3.35. The van der Waals surface area contributed by atoms with Gasteiger partial charge in [0.05, 0.1) is 11.6 Å². The second-order valence-electron chi connectivity index (χ2n) is 1.60. The Bertz CT molecular complexity index is 210. The van der Waals surface area contributed by atoms with E-state index in [1.807, 2.05) is 0 Å². The van der Waals surface area contributed by atoms with Crippen molar-refractivity contribution in [3.05, 3.63) is 24.3 Å². The summed E-state index contributed by atoms with van der Waals surface area (Å²) in [6, 6.07) is 1.64. The van der Waals surface area contributed by atoms with Gasteiger partial charge in [-0.2, -0.15) is 5.26 Å². The topological polar surface area (TPSA) is 61.1 Å². The molecule has 3 nitrogen and oxygen atoms in total. The van der Waals surface area contributed by atoms with Crippen molar-refractivity contribution in [3.63, 3.8) is 0 Å². The minimum Gasteiger partial charge on any atom is -0.478 e. The lowest BCUT2D eigenvalue weighted by atomic mass is 10.2. The summed E-state index contributed by atoms with van der Waals surface area (Å²) in [4.78, 5) is 10.2. The number of nitriles is 1. The predicted molar refractivity (Wildman–Crippen MR) is 36.1 cm³/mol. The fraction of sp³-hybridized carbons (Fsp3) is 0.143. The highest BCUT2D eigenvalue weighted by atomic mass is 16.4. The molecule has 0 saturated heterocycles. The maximum absolute atomic E-state index is 10.2. The SMILES string of the molecule is C=CCC(=CC#N)C(=O)O. The van der Waals surface area contributed by atoms with E-state index in [1.54, 1.807) is 6.07 Å². The Kier molecular flexibility index (Phi) is 3.66. The van der Waals surface area contributed by atoms with Gasteiger partial charge in [-0.25, -0.2) is 4.79 Å². The van der Waals surface area contributed by atoms with Crippen LogP contribution in [0, 0.1) is 11.3 Å². The second-order valence-corrected chi connectivity index (χ2v) is 1.60. The molecule has 10 heavy (non-hydrogen) atoms. The number of hydrogen-bond donors (Lipinski definition) is 1. The van der Waals surface area contributed by atoms with E-state index < -0.39 is 5.97 Å². The molecule has 0 spiro atoms. The van der Waals surface area contributed by atoms with Gasteiger partial charge in [-0.3, -0.25) is 0 Å². The monoisotopic (exact) mass is 137 g/mol. The van der Waals surface area contributed by atoms with Gasteiger partial charge in [0.2, 0.25) is 0 Å². The molecule has 0 aliphatic heterocycles. The zero-order chi connectivity index (χ0) is 7.98. The fourth-order valence-corrected chi connectivity index (χ4v) is 0.441. The maximum Gasteiger partial charge on any atom is 0.332 e. The summed E-state index contributed by atoms with van der Waals surface area (Å²) < 4.78 is 0. The first-order valence-electron chi connectivity index (χ1n) is 2.65. The van der Waals surface area contributed by atoms with E-state index in [2.05, 4.69) is 6.58 Å². The first kappa shape index (κ1) is 8.44. The Morgan fingerprint density at radius 2 is 2.40 bits per heavy atom. The quantitative estimate of drug-likeness (QED) is 0.360. The summed E-state index contributed by atoms with van der Waals surface area (Å²) in [5.41, 5.74) is 0.0671. The highest BCUT2D eigenvalue weighted by Gasteiger charge is 2.02. The van der Waals surface area contributed by atoms with Gasteiger partial charge in [-0.1, -0.05) is 6.08 Å². The van der Waals surface area contributed by atoms with Gasteiger partial charge in [-0.05, 0) is 6.42 Å². The molecule has 3 heteroatoms. The summed E-state index contributed by atoms with van der Waals surface area (Å²) in [6.07, 6.45) is 2.67. The van der Waals surface area contributed by atoms with Gasteiger partial charge in [0.15, 0.2) is 0 Å². The van der Waals surface area contributed by atoms with Crippen molar-refractivity contribution in [1.29, 1.82) is 5.26 Å². The van der Waals surface area contributed by atoms with Crippen LogP contribution in [0.4, 0.5) is 0 Å². The molecule has 52 valence electrons. The van der Waals surface area contributed by atoms with E-state index in [-0.39, 0.29) is 12.0 Å². The fourth-order valence-electron chi connectivity index (χ4n) is 0.441. The molecule has 0 unspecified atom stereocenters. The van der Waals surface area contributed by atoms with E-state index in [9.17, 15) is 4.79 Å². The Hall–Kier alpha value is -1.56. The molecule has 0 aromatic rings. The van der Waals surface area contributed by atoms with Gasteiger partial charge in [-0.15, -0.1) is 6.58 Å². The third kappa shape index (κ3) is 2.68. The van der Waals surface area contributed by atoms with Crippen LogP contribution in [0.1, 0.15) is 6.42 Å². The van der Waals surface area contributed by atoms with Crippen molar-refractivity contribution < 1.29 is 9.90 Å². The van der Waals surface area contributed by atoms with Crippen molar-refractivity contribution in [3.8, 4) is 6.07 Å². The molecule has 0 aromatic carbocycles. The molecule has 0 aliphatic rings. The van der Waals surface area contributed by atoms with Crippen LogP contribution in [0.25, 0.3) is 0 Å². The summed E-state index contributed by atoms with van der Waals surface area (Å²) in [5, 5.41) is 16.5. The van der Waals surface area contributed by atoms with E-state index in [0.29, 0.717) is 0 Å². The lowest BCUT2D eigenvalue weighted by Crippen LogP contribution is -1.98. The third-order valence-corrected chi connectivity index (χ3v) is 0.878. The predicted octanol–water partition coefficient (Wildman–Crippen LogP) is 1.10. The Morgan fingerprint density at radius 3 is 2.70 bits per heavy atom. The van der Waals surface area contributed by atoms with Crippen molar-refractivity contribution >= 4 is 5.97 Å². The van der Waals surface area contributed by atoms with Crippen LogP contribution < -0.4 is 0 Å². The standard InChI is InChI=1S/C7H7NO2/c1-2-3-6(4-5-8)7(9)10/h2,4H,1,3H2,(H,9,10). The molecule has 0 atom stereocenters. The van der Waals surface area contributed by atoms with Crippen LogP contribution in [0.3, 0.4) is 0 Å². The number of nitrogens with zero attached hydrogens (tertiary/aromatic N) is 1. The van der Waals surface area contributed by atoms with Crippen LogP contribution in [-0.2, 0) is 4.79 Å². The molecule has 0 heterocycles. The Labute approximate surface area is 58.9 Å². The molecule has 0 aromatic heterocycles. The maximum atomic E-state index is 10.2. The zero-order valence-electron chi connectivity index (χ0n) is 5.37. The van der Waals surface area contributed by atoms with Gasteiger partial charge >= 0.3 is 5.97 Å². The van der Waals surface area contributed by atoms with Crippen LogP contribution in [0.2, 0.25) is 0 Å². The normalized spacial score (nSPS) is 10.1. The van der Waals surface area contributed by atoms with Crippen molar-refractivity contribution in [2.75, 3.05) is 0 Å². The summed E-state index contributed by atoms with van der Waals surface area (Å²) in [7, 11) is 0. The molecule has 1 N–H and O–H groups in total. The number of carbonyl (C=O) groups is 1. The first-order valence-corrected chi connectivity index (χ1v) is 2.65. The van der Waals surface area contributed by atoms with E-state index in [1.165, 1.54) is 6.08 Å². The minimum absolute atomic E-state index is 0.0671. The average molecular weight is 137 g/mol. The highest BCUT2D eigenvalue weighted by Crippen LogP contribution is 2.00. The number of aliphatic carboxylic acids is 1. The Morgan fingerprint density at radius 1 is 1.80 bits per heavy atom. The lowest BCUT2D eigenvalue weighted by molar-refractivity contribution is -0.132. The lowest BCUT2D eigenvalue weighted by Gasteiger charge is -1.91. The molecule has 0 saturated carbocycles. The van der Waals surface area contributed by atoms with Crippen molar-refractivity contribution in [2.24, 2.45) is 0 Å². The van der Waals surface area contributed by atoms with Crippen molar-refractivity contribution in [2.45, 2.75) is 6.42 Å². The van der Waals surface area contributed by atoms with E-state index in [0.717, 1.165) is 6.08 Å². The molecule has 0 aliphatic carbocycles. The number of hydrogen-bond acceptors (Lipinski definition) is 2. The number of carboxylic acid groups (broad SMARTS) is 1. The molecule has 0 rings (SSSR count). The molecule has 0 amide bonds. The second kappa shape index (κ2) is 4.33. The smallest absolute Gasteiger partial charge is 0.332 e. The van der Waals surface area contributed by atoms with Crippen LogP contribution in [0.5, 0.6) is 0 Å². The third-order valence-electron chi connectivity index (χ3n) is 0.878. The van der Waals surface area contributed by atoms with Gasteiger partial charge < -0.3 is 5.11 Å². The van der Waals surface area contributed by atoms with E-state index in [4.69, 9.17) is 10.4 Å². The minimum atomic E-state index is -1.07. The van der Waals surface area contributed by atoms with Gasteiger partial charge in [0.1, 0.15) is 0 Å². The van der Waals surface area contributed by atoms with Gasteiger partial charge in [0, 0.05) is 6.08 Å². The number of carboxylic acids is 1. The molecule has 0 radical (unpaired) electrons. The first-order chi connectivity index (χ1) is 4.72. The van der Waals surface area contributed by atoms with E-state index >= 15 is 0 Å². The van der Waals surface area contributed by atoms with Crippen LogP contribution >= 0.6 is 0 Å².